The summed E-state index contributed by atoms with van der Waals surface area (Å²) in [6.45, 7) is 11.1. The number of aromatic nitrogens is 2. The molecular formula is C26H31CuF3N4O6S. The number of benzene rings is 1. The number of halogens is 3. The molecule has 0 atom stereocenters. The predicted octanol–water partition coefficient (Wildman–Crippen LogP) is 5.59. The van der Waals surface area contributed by atoms with E-state index in [-0.39, 0.29) is 22.5 Å². The van der Waals surface area contributed by atoms with E-state index < -0.39 is 15.6 Å². The van der Waals surface area contributed by atoms with Crippen molar-refractivity contribution in [3.05, 3.63) is 99.1 Å². The van der Waals surface area contributed by atoms with E-state index >= 15 is 0 Å². The molecular weight excluding hydrogens is 617 g/mol. The number of aryl methyl sites for hydroxylation is 1. The average molecular weight is 648 g/mol. The molecule has 0 saturated carbocycles. The van der Waals surface area contributed by atoms with Crippen LogP contribution in [0.2, 0.25) is 0 Å². The molecule has 0 aliphatic carbocycles. The van der Waals surface area contributed by atoms with Gasteiger partial charge in [0.1, 0.15) is 5.75 Å². The van der Waals surface area contributed by atoms with Crippen LogP contribution >= 0.6 is 0 Å². The minimum Gasteiger partial charge on any atom is -0.741 e. The molecule has 2 heterocycles. The Hall–Kier alpha value is -3.10. The van der Waals surface area contributed by atoms with Crippen LogP contribution in [0.5, 0.6) is 5.75 Å². The molecule has 3 rings (SSSR count). The van der Waals surface area contributed by atoms with Crippen molar-refractivity contribution in [2.75, 3.05) is 7.11 Å². The molecule has 0 aliphatic rings. The zero-order chi connectivity index (χ0) is 30.6. The van der Waals surface area contributed by atoms with Gasteiger partial charge in [0.05, 0.1) is 18.5 Å². The third kappa shape index (κ3) is 13.4. The van der Waals surface area contributed by atoms with Gasteiger partial charge in [0.2, 0.25) is 0 Å². The van der Waals surface area contributed by atoms with Crippen molar-refractivity contribution in [3.8, 4) is 5.75 Å². The van der Waals surface area contributed by atoms with Crippen molar-refractivity contribution < 1.29 is 47.9 Å². The Bertz CT molecular complexity index is 1270. The van der Waals surface area contributed by atoms with Crippen molar-refractivity contribution in [3.63, 3.8) is 0 Å². The molecule has 0 spiro atoms. The molecule has 3 aromatic rings. The monoisotopic (exact) mass is 647 g/mol. The molecule has 41 heavy (non-hydrogen) atoms. The van der Waals surface area contributed by atoms with Gasteiger partial charge in [-0.3, -0.25) is 14.9 Å². The minimum absolute atomic E-state index is 0. The summed E-state index contributed by atoms with van der Waals surface area (Å²) in [7, 11) is -4.34. The SMILES string of the molecule is COc1c(C)cc(C(C)(C)C)cc1CN(Cc1ccccn1)Cc1ccccn1.O=N[O-].O=S(=O)([O-])C(F)(F)F.[Cu+2]. The van der Waals surface area contributed by atoms with E-state index in [2.05, 4.69) is 66.8 Å². The van der Waals surface area contributed by atoms with Gasteiger partial charge in [0, 0.05) is 37.6 Å². The summed E-state index contributed by atoms with van der Waals surface area (Å²) in [5, 5.41) is 9.00. The van der Waals surface area contributed by atoms with Crippen LogP contribution in [0.3, 0.4) is 0 Å². The molecule has 0 aliphatic heterocycles. The van der Waals surface area contributed by atoms with E-state index in [1.54, 1.807) is 7.11 Å². The maximum atomic E-state index is 10.7. The number of nitrogens with zero attached hydrogens (tertiary/aromatic N) is 4. The van der Waals surface area contributed by atoms with Crippen molar-refractivity contribution in [2.24, 2.45) is 5.34 Å². The molecule has 10 nitrogen and oxygen atoms in total. The maximum absolute atomic E-state index is 10.7. The van der Waals surface area contributed by atoms with Crippen LogP contribution in [0.4, 0.5) is 13.2 Å². The minimum atomic E-state index is -6.09. The van der Waals surface area contributed by atoms with Crippen LogP contribution < -0.4 is 4.74 Å². The van der Waals surface area contributed by atoms with E-state index in [0.717, 1.165) is 42.1 Å². The number of hydrogen-bond acceptors (Lipinski definition) is 10. The predicted molar refractivity (Wildman–Crippen MR) is 143 cm³/mol. The zero-order valence-electron chi connectivity index (χ0n) is 23.0. The fourth-order valence-corrected chi connectivity index (χ4v) is 3.54. The normalized spacial score (nSPS) is 11.3. The van der Waals surface area contributed by atoms with Crippen LogP contribution in [0.25, 0.3) is 0 Å². The zero-order valence-corrected chi connectivity index (χ0v) is 24.7. The molecule has 2 aromatic heterocycles. The van der Waals surface area contributed by atoms with Crippen LogP contribution in [0.1, 0.15) is 48.8 Å². The van der Waals surface area contributed by atoms with Crippen molar-refractivity contribution >= 4 is 10.1 Å². The summed E-state index contributed by atoms with van der Waals surface area (Å²) in [5.41, 5.74) is 0.222. The van der Waals surface area contributed by atoms with Gasteiger partial charge in [-0.25, -0.2) is 8.42 Å². The molecule has 0 fully saturated rings. The van der Waals surface area contributed by atoms with Crippen LogP contribution in [-0.2, 0) is 52.2 Å². The number of ether oxygens (including phenoxy) is 1. The van der Waals surface area contributed by atoms with Crippen LogP contribution in [0.15, 0.2) is 66.3 Å². The first kappa shape index (κ1) is 37.9. The second-order valence-corrected chi connectivity index (χ2v) is 10.9. The Morgan fingerprint density at radius 2 is 1.39 bits per heavy atom. The Kier molecular flexibility index (Phi) is 15.7. The van der Waals surface area contributed by atoms with Crippen molar-refractivity contribution in [1.82, 2.24) is 14.9 Å². The second kappa shape index (κ2) is 17.0. The molecule has 0 N–H and O–H groups in total. The van der Waals surface area contributed by atoms with Gasteiger partial charge in [0.25, 0.3) is 0 Å². The molecule has 0 saturated heterocycles. The van der Waals surface area contributed by atoms with E-state index in [0.29, 0.717) is 0 Å². The average Bonchev–Trinajstić information content (AvgIpc) is 2.84. The topological polar surface area (TPSA) is 148 Å². The van der Waals surface area contributed by atoms with Gasteiger partial charge in [-0.2, -0.15) is 13.2 Å². The van der Waals surface area contributed by atoms with E-state index in [1.807, 2.05) is 36.7 Å². The number of alkyl halides is 3. The summed E-state index contributed by atoms with van der Waals surface area (Å²) in [6, 6.07) is 16.6. The van der Waals surface area contributed by atoms with Gasteiger partial charge in [-0.15, -0.1) is 5.34 Å². The summed E-state index contributed by atoms with van der Waals surface area (Å²) < 4.78 is 64.7. The Morgan fingerprint density at radius 3 is 1.71 bits per heavy atom. The van der Waals surface area contributed by atoms with Crippen LogP contribution in [0, 0.1) is 17.0 Å². The summed E-state index contributed by atoms with van der Waals surface area (Å²) >= 11 is 0. The van der Waals surface area contributed by atoms with Crippen molar-refractivity contribution in [2.45, 2.75) is 58.3 Å². The molecule has 1 radical (unpaired) electrons. The Balaban J connectivity index is 0.00000114. The van der Waals surface area contributed by atoms with Gasteiger partial charge < -0.3 is 19.4 Å². The summed E-state index contributed by atoms with van der Waals surface area (Å²) in [6.07, 6.45) is 3.69. The van der Waals surface area contributed by atoms with E-state index in [1.165, 1.54) is 16.7 Å². The fourth-order valence-electron chi connectivity index (χ4n) is 3.54. The Morgan fingerprint density at radius 1 is 0.951 bits per heavy atom. The number of rotatable bonds is 7. The largest absolute Gasteiger partial charge is 2.00 e. The summed E-state index contributed by atoms with van der Waals surface area (Å²) in [5.74, 6) is 0.963. The molecule has 0 bridgehead atoms. The number of hydrogen-bond donors (Lipinski definition) is 0. The Labute approximate surface area is 248 Å². The quantitative estimate of drug-likeness (QED) is 0.105. The standard InChI is InChI=1S/C25H31N3O.CHF3O3S.Cu.HNO2/c1-19-14-21(25(2,3)4)15-20(24(19)29-5)16-28(17-22-10-6-8-12-26-22)18-23-11-7-9-13-27-23;2-1(3,4)8(5,6)7;;2-1-3/h6-15H,16-18H2,1-5H3;(H,5,6,7);;(H,2,3)/q;;+2;/p-2. The molecule has 0 unspecified atom stereocenters. The number of pyridine rings is 2. The third-order valence-electron chi connectivity index (χ3n) is 5.32. The molecule has 15 heteroatoms. The molecule has 1 aromatic carbocycles. The van der Waals surface area contributed by atoms with Gasteiger partial charge in [-0.1, -0.05) is 45.0 Å². The van der Waals surface area contributed by atoms with Crippen molar-refractivity contribution in [1.29, 1.82) is 0 Å². The summed E-state index contributed by atoms with van der Waals surface area (Å²) in [4.78, 5) is 19.4. The maximum Gasteiger partial charge on any atom is 2.00 e. The van der Waals surface area contributed by atoms with Gasteiger partial charge in [0.15, 0.2) is 10.1 Å². The van der Waals surface area contributed by atoms with Gasteiger partial charge in [-0.05, 0) is 47.7 Å². The smallest absolute Gasteiger partial charge is 0.741 e. The third-order valence-corrected chi connectivity index (χ3v) is 5.89. The second-order valence-electron chi connectivity index (χ2n) is 9.50. The molecule has 0 amide bonds. The van der Waals surface area contributed by atoms with E-state index in [9.17, 15) is 13.2 Å². The van der Waals surface area contributed by atoms with E-state index in [4.69, 9.17) is 27.8 Å². The first-order valence-corrected chi connectivity index (χ1v) is 13.1. The fraction of sp³-hybridized carbons (Fsp3) is 0.385. The number of methoxy groups -OCH3 is 1. The molecule has 229 valence electrons. The van der Waals surface area contributed by atoms with Crippen LogP contribution in [-0.4, -0.2) is 40.5 Å². The first-order chi connectivity index (χ1) is 18.5. The van der Waals surface area contributed by atoms with Gasteiger partial charge >= 0.3 is 22.6 Å². The first-order valence-electron chi connectivity index (χ1n) is 11.7.